The predicted octanol–water partition coefficient (Wildman–Crippen LogP) is 2.45. The van der Waals surface area contributed by atoms with Gasteiger partial charge in [-0.25, -0.2) is 0 Å². The van der Waals surface area contributed by atoms with Gasteiger partial charge in [-0.3, -0.25) is 4.79 Å². The number of nitrogens with zero attached hydrogens (tertiary/aromatic N) is 2. The summed E-state index contributed by atoms with van der Waals surface area (Å²) in [4.78, 5) is 12.1. The predicted molar refractivity (Wildman–Crippen MR) is 90.0 cm³/mol. The largest absolute Gasteiger partial charge is 0.496 e. The quantitative estimate of drug-likeness (QED) is 0.675. The van der Waals surface area contributed by atoms with Crippen molar-refractivity contribution in [1.82, 2.24) is 5.32 Å². The van der Waals surface area contributed by atoms with Crippen LogP contribution in [-0.4, -0.2) is 29.6 Å². The molecule has 1 saturated heterocycles. The van der Waals surface area contributed by atoms with Crippen LogP contribution in [0.15, 0.2) is 57.3 Å². The fraction of sp³-hybridized carbons (Fsp3) is 0.188. The Morgan fingerprint density at radius 2 is 2.22 bits per heavy atom. The molecule has 0 saturated carbocycles. The highest BCUT2D eigenvalue weighted by molar-refractivity contribution is 8.15. The Hall–Kier alpha value is -2.54. The second kappa shape index (κ2) is 7.15. The first-order chi connectivity index (χ1) is 11.3. The molecular weight excluding hydrogens is 314 g/mol. The minimum absolute atomic E-state index is 0.0761. The molecule has 1 aromatic heterocycles. The number of amides is 1. The monoisotopic (exact) mass is 329 g/mol. The number of benzene rings is 1. The first kappa shape index (κ1) is 15.4. The summed E-state index contributed by atoms with van der Waals surface area (Å²) in [6, 6.07) is 11.2. The number of methoxy groups -OCH3 is 1. The van der Waals surface area contributed by atoms with E-state index in [4.69, 9.17) is 9.15 Å². The summed E-state index contributed by atoms with van der Waals surface area (Å²) in [7, 11) is 1.62. The smallest absolute Gasteiger partial charge is 0.239 e. The van der Waals surface area contributed by atoms with Gasteiger partial charge >= 0.3 is 0 Å². The van der Waals surface area contributed by atoms with Crippen LogP contribution in [0.5, 0.6) is 5.75 Å². The second-order valence-corrected chi connectivity index (χ2v) is 5.97. The molecule has 1 aliphatic heterocycles. The van der Waals surface area contributed by atoms with Crippen molar-refractivity contribution in [3.05, 3.63) is 54.0 Å². The van der Waals surface area contributed by atoms with E-state index >= 15 is 0 Å². The molecular formula is C16H15N3O3S. The van der Waals surface area contributed by atoms with Gasteiger partial charge in [0.15, 0.2) is 5.17 Å². The fourth-order valence-corrected chi connectivity index (χ4v) is 3.11. The van der Waals surface area contributed by atoms with Crippen LogP contribution in [0.3, 0.4) is 0 Å². The third kappa shape index (κ3) is 3.81. The van der Waals surface area contributed by atoms with Crippen LogP contribution in [-0.2, 0) is 11.2 Å². The zero-order valence-electron chi connectivity index (χ0n) is 12.4. The van der Waals surface area contributed by atoms with Crippen molar-refractivity contribution in [3.63, 3.8) is 0 Å². The van der Waals surface area contributed by atoms with Gasteiger partial charge in [0.25, 0.3) is 0 Å². The number of para-hydroxylation sites is 1. The average molecular weight is 329 g/mol. The van der Waals surface area contributed by atoms with Gasteiger partial charge in [0.1, 0.15) is 11.5 Å². The van der Waals surface area contributed by atoms with Crippen LogP contribution in [0.25, 0.3) is 0 Å². The number of hydrogen-bond acceptors (Lipinski definition) is 6. The number of furan rings is 1. The van der Waals surface area contributed by atoms with Crippen LogP contribution in [0.4, 0.5) is 0 Å². The van der Waals surface area contributed by atoms with Crippen LogP contribution >= 0.6 is 11.8 Å². The van der Waals surface area contributed by atoms with Crippen LogP contribution in [0, 0.1) is 0 Å². The summed E-state index contributed by atoms with van der Waals surface area (Å²) < 4.78 is 10.4. The summed E-state index contributed by atoms with van der Waals surface area (Å²) in [5.74, 6) is 1.31. The van der Waals surface area contributed by atoms with Crippen LogP contribution in [0.2, 0.25) is 0 Å². The molecule has 1 fully saturated rings. The Morgan fingerprint density at radius 3 is 3.00 bits per heavy atom. The Bertz CT molecular complexity index is 741. The van der Waals surface area contributed by atoms with E-state index < -0.39 is 0 Å². The molecule has 0 radical (unpaired) electrons. The van der Waals surface area contributed by atoms with E-state index in [0.29, 0.717) is 17.3 Å². The van der Waals surface area contributed by atoms with E-state index in [1.807, 2.05) is 24.3 Å². The third-order valence-corrected chi connectivity index (χ3v) is 4.32. The maximum atomic E-state index is 12.1. The second-order valence-electron chi connectivity index (χ2n) is 4.78. The Kier molecular flexibility index (Phi) is 4.77. The highest BCUT2D eigenvalue weighted by Gasteiger charge is 2.31. The van der Waals surface area contributed by atoms with E-state index in [-0.39, 0.29) is 11.2 Å². The van der Waals surface area contributed by atoms with Gasteiger partial charge in [-0.05, 0) is 30.2 Å². The Labute approximate surface area is 137 Å². The maximum Gasteiger partial charge on any atom is 0.239 e. The summed E-state index contributed by atoms with van der Waals surface area (Å²) in [5.41, 5.74) is 0.989. The van der Waals surface area contributed by atoms with Gasteiger partial charge in [-0.15, -0.1) is 5.10 Å². The molecule has 1 N–H and O–H groups in total. The molecule has 0 bridgehead atoms. The Balaban J connectivity index is 1.65. The lowest BCUT2D eigenvalue weighted by Crippen LogP contribution is -2.26. The third-order valence-electron chi connectivity index (χ3n) is 3.25. The number of hydrogen-bond donors (Lipinski definition) is 1. The van der Waals surface area contributed by atoms with Crippen molar-refractivity contribution in [2.75, 3.05) is 7.11 Å². The molecule has 1 amide bonds. The molecule has 1 aromatic carbocycles. The molecule has 0 unspecified atom stereocenters. The zero-order chi connectivity index (χ0) is 16.1. The molecule has 1 atom stereocenters. The topological polar surface area (TPSA) is 76.2 Å². The van der Waals surface area contributed by atoms with Gasteiger partial charge in [-0.1, -0.05) is 30.0 Å². The molecule has 2 heterocycles. The van der Waals surface area contributed by atoms with Crippen molar-refractivity contribution >= 4 is 29.1 Å². The van der Waals surface area contributed by atoms with Crippen molar-refractivity contribution < 1.29 is 13.9 Å². The van der Waals surface area contributed by atoms with Crippen molar-refractivity contribution in [2.24, 2.45) is 10.2 Å². The number of ether oxygens (including phenoxy) is 1. The van der Waals surface area contributed by atoms with E-state index in [9.17, 15) is 4.79 Å². The lowest BCUT2D eigenvalue weighted by molar-refractivity contribution is -0.118. The first-order valence-corrected chi connectivity index (χ1v) is 7.88. The normalized spacial score (nSPS) is 19.4. The maximum absolute atomic E-state index is 12.1. The van der Waals surface area contributed by atoms with Crippen molar-refractivity contribution in [1.29, 1.82) is 0 Å². The molecule has 23 heavy (non-hydrogen) atoms. The molecule has 1 aliphatic rings. The number of amidine groups is 1. The summed E-state index contributed by atoms with van der Waals surface area (Å²) in [6.45, 7) is 0. The zero-order valence-corrected chi connectivity index (χ0v) is 13.2. The summed E-state index contributed by atoms with van der Waals surface area (Å²) in [6.07, 6.45) is 3.62. The molecule has 118 valence electrons. The van der Waals surface area contributed by atoms with Crippen LogP contribution < -0.4 is 10.1 Å². The van der Waals surface area contributed by atoms with Crippen molar-refractivity contribution in [2.45, 2.75) is 11.7 Å². The molecule has 7 heteroatoms. The van der Waals surface area contributed by atoms with Crippen LogP contribution in [0.1, 0.15) is 11.3 Å². The first-order valence-electron chi connectivity index (χ1n) is 7.00. The standard InChI is InChI=1S/C16H15N3O3S/c1-21-13-7-3-2-5-11(13)9-14-15(20)18-16(23-14)19-17-10-12-6-4-8-22-12/h2-8,10,14H,9H2,1H3,(H,18,19,20)/b17-10-/t14-/m0/s1. The van der Waals surface area contributed by atoms with Gasteiger partial charge in [-0.2, -0.15) is 5.10 Å². The van der Waals surface area contributed by atoms with Gasteiger partial charge in [0.05, 0.1) is 24.8 Å². The highest BCUT2D eigenvalue weighted by Crippen LogP contribution is 2.27. The van der Waals surface area contributed by atoms with Gasteiger partial charge in [0, 0.05) is 0 Å². The summed E-state index contributed by atoms with van der Waals surface area (Å²) in [5, 5.41) is 10.9. The number of carbonyl (C=O) groups is 1. The number of thioether (sulfide) groups is 1. The number of carbonyl (C=O) groups excluding carboxylic acids is 1. The Morgan fingerprint density at radius 1 is 1.35 bits per heavy atom. The lowest BCUT2D eigenvalue weighted by atomic mass is 10.1. The van der Waals surface area contributed by atoms with E-state index in [1.54, 1.807) is 25.5 Å². The SMILES string of the molecule is COc1ccccc1C[C@@H]1S/C(=N/N=C\c2ccco2)NC1=O. The number of rotatable bonds is 5. The lowest BCUT2D eigenvalue weighted by Gasteiger charge is -2.09. The average Bonchev–Trinajstić information content (AvgIpc) is 3.19. The minimum Gasteiger partial charge on any atom is -0.496 e. The van der Waals surface area contributed by atoms with E-state index in [2.05, 4.69) is 15.5 Å². The molecule has 3 rings (SSSR count). The van der Waals surface area contributed by atoms with Gasteiger partial charge in [0.2, 0.25) is 5.91 Å². The number of nitrogens with one attached hydrogen (secondary N) is 1. The molecule has 6 nitrogen and oxygen atoms in total. The fourth-order valence-electron chi connectivity index (χ4n) is 2.16. The summed E-state index contributed by atoms with van der Waals surface area (Å²) >= 11 is 1.36. The molecule has 0 spiro atoms. The minimum atomic E-state index is -0.246. The van der Waals surface area contributed by atoms with Gasteiger partial charge < -0.3 is 14.5 Å². The van der Waals surface area contributed by atoms with Crippen molar-refractivity contribution in [3.8, 4) is 5.75 Å². The van der Waals surface area contributed by atoms with E-state index in [1.165, 1.54) is 18.0 Å². The highest BCUT2D eigenvalue weighted by atomic mass is 32.2. The molecule has 2 aromatic rings. The molecule has 0 aliphatic carbocycles. The van der Waals surface area contributed by atoms with E-state index in [0.717, 1.165) is 11.3 Å².